The van der Waals surface area contributed by atoms with Gasteiger partial charge in [-0.05, 0) is 32.0 Å². The molecule has 0 radical (unpaired) electrons. The van der Waals surface area contributed by atoms with E-state index in [-0.39, 0.29) is 11.4 Å². The second-order valence-electron chi connectivity index (χ2n) is 4.51. The van der Waals surface area contributed by atoms with E-state index in [1.165, 1.54) is 19.2 Å². The highest BCUT2D eigenvalue weighted by atomic mass is 32.2. The lowest BCUT2D eigenvalue weighted by atomic mass is 10.3. The molecule has 1 unspecified atom stereocenters. The Hall–Kier alpha value is -1.34. The number of sulfonamides is 1. The van der Waals surface area contributed by atoms with E-state index in [4.69, 9.17) is 4.74 Å². The normalized spacial score (nSPS) is 13.0. The maximum absolute atomic E-state index is 13.5. The van der Waals surface area contributed by atoms with E-state index >= 15 is 0 Å². The highest BCUT2D eigenvalue weighted by Crippen LogP contribution is 2.21. The Labute approximate surface area is 119 Å². The first kappa shape index (κ1) is 16.7. The Morgan fingerprint density at radius 1 is 1.40 bits per heavy atom. The quantitative estimate of drug-likeness (QED) is 0.721. The number of hydrogen-bond acceptors (Lipinski definition) is 4. The molecule has 0 aliphatic heterocycles. The van der Waals surface area contributed by atoms with Crippen molar-refractivity contribution in [2.45, 2.75) is 25.5 Å². The molecule has 0 spiro atoms. The van der Waals surface area contributed by atoms with Crippen LogP contribution in [0.2, 0.25) is 0 Å². The average molecular weight is 304 g/mol. The summed E-state index contributed by atoms with van der Waals surface area (Å²) < 4.78 is 44.8. The van der Waals surface area contributed by atoms with Gasteiger partial charge in [0.15, 0.2) is 11.6 Å². The summed E-state index contributed by atoms with van der Waals surface area (Å²) in [5.74, 6) is -0.532. The van der Waals surface area contributed by atoms with Crippen molar-refractivity contribution in [3.63, 3.8) is 0 Å². The van der Waals surface area contributed by atoms with Crippen molar-refractivity contribution >= 4 is 15.7 Å². The number of halogens is 1. The Morgan fingerprint density at radius 2 is 2.10 bits per heavy atom. The first-order valence-corrected chi connectivity index (χ1v) is 8.01. The van der Waals surface area contributed by atoms with E-state index in [0.29, 0.717) is 6.54 Å². The second kappa shape index (κ2) is 7.44. The fourth-order valence-corrected chi connectivity index (χ4v) is 2.58. The van der Waals surface area contributed by atoms with Crippen LogP contribution < -0.4 is 14.8 Å². The lowest BCUT2D eigenvalue weighted by molar-refractivity contribution is 0.386. The topological polar surface area (TPSA) is 67.4 Å². The molecule has 20 heavy (non-hydrogen) atoms. The third kappa shape index (κ3) is 4.64. The molecule has 114 valence electrons. The first-order chi connectivity index (χ1) is 9.40. The van der Waals surface area contributed by atoms with E-state index in [1.54, 1.807) is 6.92 Å². The molecular formula is C13H21FN2O3S. The standard InChI is InChI=1S/C13H21FN2O3S/c1-4-7-15-9-10(2)20(17,18)16-11-5-6-13(19-3)12(14)8-11/h5-6,8,10,15-16H,4,7,9H2,1-3H3. The molecule has 5 nitrogen and oxygen atoms in total. The number of hydrogen-bond donors (Lipinski definition) is 2. The maximum atomic E-state index is 13.5. The lowest BCUT2D eigenvalue weighted by Crippen LogP contribution is -2.35. The third-order valence-electron chi connectivity index (χ3n) is 2.80. The van der Waals surface area contributed by atoms with Gasteiger partial charge in [-0.15, -0.1) is 0 Å². The number of anilines is 1. The van der Waals surface area contributed by atoms with Gasteiger partial charge in [-0.3, -0.25) is 4.72 Å². The molecule has 0 fully saturated rings. The number of methoxy groups -OCH3 is 1. The van der Waals surface area contributed by atoms with Crippen LogP contribution in [0, 0.1) is 5.82 Å². The molecule has 7 heteroatoms. The molecule has 1 rings (SSSR count). The lowest BCUT2D eigenvalue weighted by Gasteiger charge is -2.15. The van der Waals surface area contributed by atoms with Gasteiger partial charge in [-0.2, -0.15) is 0 Å². The van der Waals surface area contributed by atoms with E-state index < -0.39 is 21.1 Å². The van der Waals surface area contributed by atoms with Crippen molar-refractivity contribution in [1.82, 2.24) is 5.32 Å². The van der Waals surface area contributed by atoms with Gasteiger partial charge in [0.25, 0.3) is 0 Å². The minimum absolute atomic E-state index is 0.0746. The predicted molar refractivity (Wildman–Crippen MR) is 78.1 cm³/mol. The van der Waals surface area contributed by atoms with Crippen LogP contribution in [0.1, 0.15) is 20.3 Å². The fraction of sp³-hybridized carbons (Fsp3) is 0.538. The number of nitrogens with one attached hydrogen (secondary N) is 2. The van der Waals surface area contributed by atoms with Gasteiger partial charge in [-0.25, -0.2) is 12.8 Å². The molecule has 0 aromatic heterocycles. The van der Waals surface area contributed by atoms with Crippen LogP contribution in [0.15, 0.2) is 18.2 Å². The fourth-order valence-electron chi connectivity index (χ4n) is 1.59. The zero-order valence-electron chi connectivity index (χ0n) is 11.9. The van der Waals surface area contributed by atoms with Crippen LogP contribution in [-0.4, -0.2) is 33.9 Å². The summed E-state index contributed by atoms with van der Waals surface area (Å²) in [7, 11) is -2.20. The highest BCUT2D eigenvalue weighted by Gasteiger charge is 2.20. The van der Waals surface area contributed by atoms with Gasteiger partial charge in [-0.1, -0.05) is 6.92 Å². The Balaban J connectivity index is 2.72. The molecule has 0 aliphatic rings. The number of ether oxygens (including phenoxy) is 1. The smallest absolute Gasteiger partial charge is 0.236 e. The summed E-state index contributed by atoms with van der Waals surface area (Å²) in [6, 6.07) is 3.95. The molecular weight excluding hydrogens is 283 g/mol. The molecule has 0 saturated heterocycles. The third-order valence-corrected chi connectivity index (χ3v) is 4.55. The van der Waals surface area contributed by atoms with Crippen molar-refractivity contribution in [2.75, 3.05) is 24.9 Å². The monoisotopic (exact) mass is 304 g/mol. The van der Waals surface area contributed by atoms with Gasteiger partial charge in [0, 0.05) is 12.6 Å². The van der Waals surface area contributed by atoms with Crippen molar-refractivity contribution in [1.29, 1.82) is 0 Å². The van der Waals surface area contributed by atoms with Gasteiger partial charge >= 0.3 is 0 Å². The molecule has 0 bridgehead atoms. The van der Waals surface area contributed by atoms with Gasteiger partial charge in [0.2, 0.25) is 10.0 Å². The summed E-state index contributed by atoms with van der Waals surface area (Å²) in [5.41, 5.74) is 0.186. The molecule has 2 N–H and O–H groups in total. The predicted octanol–water partition coefficient (Wildman–Crippen LogP) is 1.96. The van der Waals surface area contributed by atoms with Gasteiger partial charge < -0.3 is 10.1 Å². The first-order valence-electron chi connectivity index (χ1n) is 6.46. The number of rotatable bonds is 8. The zero-order valence-corrected chi connectivity index (χ0v) is 12.8. The summed E-state index contributed by atoms with van der Waals surface area (Å²) >= 11 is 0. The van der Waals surface area contributed by atoms with E-state index in [0.717, 1.165) is 19.0 Å². The van der Waals surface area contributed by atoms with E-state index in [2.05, 4.69) is 10.0 Å². The molecule has 1 aromatic rings. The van der Waals surface area contributed by atoms with Crippen LogP contribution >= 0.6 is 0 Å². The van der Waals surface area contributed by atoms with E-state index in [1.807, 2.05) is 6.92 Å². The minimum atomic E-state index is -3.55. The molecule has 0 amide bonds. The largest absolute Gasteiger partial charge is 0.494 e. The zero-order chi connectivity index (χ0) is 15.2. The summed E-state index contributed by atoms with van der Waals surface area (Å²) in [6.45, 7) is 4.72. The molecule has 0 aliphatic carbocycles. The van der Waals surface area contributed by atoms with Crippen molar-refractivity contribution in [2.24, 2.45) is 0 Å². The van der Waals surface area contributed by atoms with Crippen LogP contribution in [0.3, 0.4) is 0 Å². The van der Waals surface area contributed by atoms with Crippen LogP contribution in [0.25, 0.3) is 0 Å². The second-order valence-corrected chi connectivity index (χ2v) is 6.61. The number of benzene rings is 1. The average Bonchev–Trinajstić information content (AvgIpc) is 2.38. The maximum Gasteiger partial charge on any atom is 0.236 e. The molecule has 1 atom stereocenters. The van der Waals surface area contributed by atoms with E-state index in [9.17, 15) is 12.8 Å². The molecule has 1 aromatic carbocycles. The summed E-state index contributed by atoms with van der Waals surface area (Å²) in [6.07, 6.45) is 0.934. The van der Waals surface area contributed by atoms with Crippen LogP contribution in [-0.2, 0) is 10.0 Å². The molecule has 0 heterocycles. The van der Waals surface area contributed by atoms with Crippen LogP contribution in [0.5, 0.6) is 5.75 Å². The Bertz CT molecular complexity index is 534. The Kier molecular flexibility index (Phi) is 6.22. The van der Waals surface area contributed by atoms with Gasteiger partial charge in [0.1, 0.15) is 0 Å². The minimum Gasteiger partial charge on any atom is -0.494 e. The highest BCUT2D eigenvalue weighted by molar-refractivity contribution is 7.93. The van der Waals surface area contributed by atoms with Crippen molar-refractivity contribution in [3.05, 3.63) is 24.0 Å². The Morgan fingerprint density at radius 3 is 2.65 bits per heavy atom. The van der Waals surface area contributed by atoms with Crippen molar-refractivity contribution < 1.29 is 17.5 Å². The summed E-state index contributed by atoms with van der Waals surface area (Å²) in [5, 5.41) is 2.43. The van der Waals surface area contributed by atoms with Gasteiger partial charge in [0.05, 0.1) is 18.0 Å². The van der Waals surface area contributed by atoms with Crippen molar-refractivity contribution in [3.8, 4) is 5.75 Å². The SMILES string of the molecule is CCCNCC(C)S(=O)(=O)Nc1ccc(OC)c(F)c1. The summed E-state index contributed by atoms with van der Waals surface area (Å²) in [4.78, 5) is 0. The molecule has 0 saturated carbocycles. The van der Waals surface area contributed by atoms with Crippen LogP contribution in [0.4, 0.5) is 10.1 Å².